The number of sulfonamides is 1. The van der Waals surface area contributed by atoms with Crippen molar-refractivity contribution in [3.63, 3.8) is 0 Å². The molecule has 0 atom stereocenters. The fraction of sp³-hybridized carbons (Fsp3) is 0.562. The van der Waals surface area contributed by atoms with Crippen molar-refractivity contribution in [1.29, 1.82) is 0 Å². The molecule has 1 rings (SSSR count). The molecule has 0 saturated carbocycles. The van der Waals surface area contributed by atoms with E-state index in [1.807, 2.05) is 6.92 Å². The van der Waals surface area contributed by atoms with Crippen molar-refractivity contribution in [2.75, 3.05) is 27.3 Å². The van der Waals surface area contributed by atoms with Crippen molar-refractivity contribution >= 4 is 16.0 Å². The highest BCUT2D eigenvalue weighted by atomic mass is 32.2. The number of esters is 1. The summed E-state index contributed by atoms with van der Waals surface area (Å²) in [6.45, 7) is 7.39. The first kappa shape index (κ1) is 19.4. The van der Waals surface area contributed by atoms with Gasteiger partial charge in [0.15, 0.2) is 0 Å². The summed E-state index contributed by atoms with van der Waals surface area (Å²) in [5.74, 6) is 0.252. The number of carbonyl (C=O) groups excluding carboxylic acids is 1. The van der Waals surface area contributed by atoms with Crippen LogP contribution in [0.1, 0.15) is 30.0 Å². The summed E-state index contributed by atoms with van der Waals surface area (Å²) in [5.41, 5.74) is 2.06. The molecule has 1 aromatic rings. The third-order valence-electron chi connectivity index (χ3n) is 3.80. The standard InChI is InChI=1S/C16H25NO5S/c1-7-22-15(18)8-9-17(5)23(19,20)16-11(2)10-14(21-6)12(3)13(16)4/h10H,7-9H2,1-6H3. The Hall–Kier alpha value is -1.60. The first-order valence-corrected chi connectivity index (χ1v) is 8.87. The zero-order valence-electron chi connectivity index (χ0n) is 14.6. The number of methoxy groups -OCH3 is 1. The molecule has 6 nitrogen and oxygen atoms in total. The van der Waals surface area contributed by atoms with Gasteiger partial charge in [-0.05, 0) is 50.5 Å². The normalized spacial score (nSPS) is 11.6. The number of carbonyl (C=O) groups is 1. The lowest BCUT2D eigenvalue weighted by Gasteiger charge is -2.21. The average Bonchev–Trinajstić information content (AvgIpc) is 2.48. The molecule has 0 spiro atoms. The highest BCUT2D eigenvalue weighted by Crippen LogP contribution is 2.31. The van der Waals surface area contributed by atoms with E-state index in [1.165, 1.54) is 11.4 Å². The first-order valence-electron chi connectivity index (χ1n) is 7.43. The molecule has 0 bridgehead atoms. The molecule has 0 unspecified atom stereocenters. The summed E-state index contributed by atoms with van der Waals surface area (Å²) >= 11 is 0. The van der Waals surface area contributed by atoms with Crippen molar-refractivity contribution in [2.45, 2.75) is 39.0 Å². The molecule has 0 saturated heterocycles. The molecule has 0 fully saturated rings. The van der Waals surface area contributed by atoms with Crippen molar-refractivity contribution in [3.05, 3.63) is 22.8 Å². The Kier molecular flexibility index (Phi) is 6.58. The molecule has 7 heteroatoms. The molecule has 0 heterocycles. The highest BCUT2D eigenvalue weighted by molar-refractivity contribution is 7.89. The van der Waals surface area contributed by atoms with Crippen LogP contribution in [0, 0.1) is 20.8 Å². The Morgan fingerprint density at radius 1 is 1.22 bits per heavy atom. The first-order chi connectivity index (χ1) is 10.7. The number of hydrogen-bond acceptors (Lipinski definition) is 5. The Balaban J connectivity index is 3.14. The highest BCUT2D eigenvalue weighted by Gasteiger charge is 2.27. The minimum Gasteiger partial charge on any atom is -0.496 e. The summed E-state index contributed by atoms with van der Waals surface area (Å²) in [6.07, 6.45) is 0.0246. The maximum absolute atomic E-state index is 12.8. The van der Waals surface area contributed by atoms with Gasteiger partial charge >= 0.3 is 5.97 Å². The van der Waals surface area contributed by atoms with Gasteiger partial charge in [0.2, 0.25) is 10.0 Å². The quantitative estimate of drug-likeness (QED) is 0.710. The van der Waals surface area contributed by atoms with Gasteiger partial charge in [0.05, 0.1) is 25.0 Å². The predicted molar refractivity (Wildman–Crippen MR) is 88.3 cm³/mol. The molecule has 0 aliphatic carbocycles. The van der Waals surface area contributed by atoms with Crippen LogP contribution in [0.3, 0.4) is 0 Å². The fourth-order valence-electron chi connectivity index (χ4n) is 2.39. The minimum absolute atomic E-state index is 0.0246. The fourth-order valence-corrected chi connectivity index (χ4v) is 4.04. The third-order valence-corrected chi connectivity index (χ3v) is 5.95. The molecular formula is C16H25NO5S. The topological polar surface area (TPSA) is 72.9 Å². The number of nitrogens with zero attached hydrogens (tertiary/aromatic N) is 1. The smallest absolute Gasteiger partial charge is 0.307 e. The SMILES string of the molecule is CCOC(=O)CCN(C)S(=O)(=O)c1c(C)cc(OC)c(C)c1C. The second-order valence-electron chi connectivity index (χ2n) is 5.36. The summed E-state index contributed by atoms with van der Waals surface area (Å²) in [4.78, 5) is 11.7. The monoisotopic (exact) mass is 343 g/mol. The molecule has 0 aliphatic heterocycles. The maximum Gasteiger partial charge on any atom is 0.307 e. The van der Waals surface area contributed by atoms with Crippen LogP contribution in [0.5, 0.6) is 5.75 Å². The van der Waals surface area contributed by atoms with Crippen LogP contribution in [0.2, 0.25) is 0 Å². The van der Waals surface area contributed by atoms with Gasteiger partial charge in [-0.2, -0.15) is 0 Å². The van der Waals surface area contributed by atoms with Crippen LogP contribution < -0.4 is 4.74 Å². The lowest BCUT2D eigenvalue weighted by molar-refractivity contribution is -0.143. The van der Waals surface area contributed by atoms with Crippen LogP contribution in [-0.2, 0) is 19.6 Å². The van der Waals surface area contributed by atoms with Crippen LogP contribution in [0.4, 0.5) is 0 Å². The van der Waals surface area contributed by atoms with Gasteiger partial charge in [-0.15, -0.1) is 0 Å². The molecule has 0 radical (unpaired) electrons. The Morgan fingerprint density at radius 2 is 1.83 bits per heavy atom. The van der Waals surface area contributed by atoms with Crippen LogP contribution in [0.15, 0.2) is 11.0 Å². The van der Waals surface area contributed by atoms with E-state index in [0.29, 0.717) is 16.9 Å². The Morgan fingerprint density at radius 3 is 2.35 bits per heavy atom. The number of hydrogen-bond donors (Lipinski definition) is 0. The van der Waals surface area contributed by atoms with E-state index >= 15 is 0 Å². The minimum atomic E-state index is -3.69. The van der Waals surface area contributed by atoms with Gasteiger partial charge in [-0.3, -0.25) is 4.79 Å². The van der Waals surface area contributed by atoms with Crippen molar-refractivity contribution < 1.29 is 22.7 Å². The van der Waals surface area contributed by atoms with Crippen molar-refractivity contribution in [1.82, 2.24) is 4.31 Å². The van der Waals surface area contributed by atoms with E-state index in [1.54, 1.807) is 33.9 Å². The zero-order valence-corrected chi connectivity index (χ0v) is 15.4. The number of benzene rings is 1. The Bertz CT molecular complexity index is 682. The summed E-state index contributed by atoms with van der Waals surface area (Å²) in [7, 11) is -0.667. The zero-order chi connectivity index (χ0) is 17.8. The van der Waals surface area contributed by atoms with E-state index in [4.69, 9.17) is 9.47 Å². The molecule has 0 N–H and O–H groups in total. The van der Waals surface area contributed by atoms with Crippen molar-refractivity contribution in [2.24, 2.45) is 0 Å². The Labute approximate surface area is 138 Å². The van der Waals surface area contributed by atoms with Gasteiger partial charge in [0.25, 0.3) is 0 Å². The third kappa shape index (κ3) is 4.23. The summed E-state index contributed by atoms with van der Waals surface area (Å²) < 4.78 is 36.9. The summed E-state index contributed by atoms with van der Waals surface area (Å²) in [5, 5.41) is 0. The van der Waals surface area contributed by atoms with Crippen LogP contribution in [0.25, 0.3) is 0 Å². The molecule has 1 aromatic carbocycles. The largest absolute Gasteiger partial charge is 0.496 e. The molecule has 23 heavy (non-hydrogen) atoms. The van der Waals surface area contributed by atoms with Gasteiger partial charge in [-0.25, -0.2) is 12.7 Å². The lowest BCUT2D eigenvalue weighted by atomic mass is 10.1. The summed E-state index contributed by atoms with van der Waals surface area (Å²) in [6, 6.07) is 1.72. The van der Waals surface area contributed by atoms with Gasteiger partial charge in [0.1, 0.15) is 5.75 Å². The predicted octanol–water partition coefficient (Wildman–Crippen LogP) is 2.19. The number of aryl methyl sites for hydroxylation is 1. The van der Waals surface area contributed by atoms with Crippen LogP contribution >= 0.6 is 0 Å². The van der Waals surface area contributed by atoms with Gasteiger partial charge in [-0.1, -0.05) is 0 Å². The number of ether oxygens (including phenoxy) is 2. The molecule has 130 valence electrons. The van der Waals surface area contributed by atoms with E-state index in [9.17, 15) is 13.2 Å². The molecular weight excluding hydrogens is 318 g/mol. The van der Waals surface area contributed by atoms with E-state index in [2.05, 4.69) is 0 Å². The molecule has 0 aromatic heterocycles. The number of rotatable bonds is 7. The molecule has 0 amide bonds. The average molecular weight is 343 g/mol. The maximum atomic E-state index is 12.8. The van der Waals surface area contributed by atoms with Gasteiger partial charge in [0, 0.05) is 13.6 Å². The lowest BCUT2D eigenvalue weighted by Crippen LogP contribution is -2.30. The van der Waals surface area contributed by atoms with E-state index < -0.39 is 16.0 Å². The van der Waals surface area contributed by atoms with Crippen molar-refractivity contribution in [3.8, 4) is 5.75 Å². The van der Waals surface area contributed by atoms with Gasteiger partial charge < -0.3 is 9.47 Å². The van der Waals surface area contributed by atoms with Crippen LogP contribution in [-0.4, -0.2) is 46.0 Å². The second-order valence-corrected chi connectivity index (χ2v) is 7.34. The molecule has 0 aliphatic rings. The van der Waals surface area contributed by atoms with E-state index in [0.717, 1.165) is 5.56 Å². The van der Waals surface area contributed by atoms with E-state index in [-0.39, 0.29) is 24.5 Å². The second kappa shape index (κ2) is 7.79.